The van der Waals surface area contributed by atoms with Crippen molar-refractivity contribution in [3.63, 3.8) is 0 Å². The van der Waals surface area contributed by atoms with Crippen molar-refractivity contribution in [2.75, 3.05) is 0 Å². The van der Waals surface area contributed by atoms with Crippen molar-refractivity contribution in [2.24, 2.45) is 17.3 Å². The zero-order valence-electron chi connectivity index (χ0n) is 28.7. The van der Waals surface area contributed by atoms with Crippen LogP contribution in [0.2, 0.25) is 18.1 Å². The number of Topliss-reactive ketones (excluding diaryl/α,β-unsaturated/α-hetero) is 1. The number of esters is 1. The molecule has 1 aliphatic heterocycles. The zero-order valence-corrected chi connectivity index (χ0v) is 30.5. The molecular formula is C36H55NO5SSi. The van der Waals surface area contributed by atoms with Crippen molar-refractivity contribution in [1.82, 2.24) is 4.98 Å². The molecule has 0 bridgehead atoms. The largest absolute Gasteiger partial charge is 0.457 e. The number of cyclic esters (lactones) is 1. The number of aryl methyl sites for hydroxylation is 1. The summed E-state index contributed by atoms with van der Waals surface area (Å²) in [6.45, 7) is 24.8. The maximum absolute atomic E-state index is 14.4. The molecule has 0 fully saturated rings. The van der Waals surface area contributed by atoms with Crippen molar-refractivity contribution in [3.05, 3.63) is 53.1 Å². The SMILES string of the molecule is C=CC[C@H]1C(=O)C(C)(C)[C@@H](O)CC(=O)O[C@H](c2ccc3sc(C)nc3c2)C/C=C(\C)CCC[C@H](C)[C@@H]1O[Si](C)(C)C(C)(C)C. The lowest BCUT2D eigenvalue weighted by molar-refractivity contribution is -0.156. The van der Waals surface area contributed by atoms with Crippen molar-refractivity contribution >= 4 is 41.6 Å². The standard InChI is InChI=1S/C36H55NO5SSi/c1-12-14-27-33(42-44(10,11)35(5,6)7)24(3)16-13-15-23(2)17-19-29(26-18-20-30-28(21-26)37-25(4)43-30)41-32(39)22-31(38)36(8,9)34(27)40/h12,17-18,20-21,24,27,29,31,33,38H,1,13-16,19,22H2,2-11H3/b23-17+/t24-,27+,29-,31-,33-/m0/s1. The molecule has 2 aromatic rings. The fraction of sp³-hybridized carbons (Fsp3) is 0.639. The maximum atomic E-state index is 14.4. The van der Waals surface area contributed by atoms with Gasteiger partial charge in [-0.15, -0.1) is 17.9 Å². The number of thiazole rings is 1. The lowest BCUT2D eigenvalue weighted by Crippen LogP contribution is -2.52. The Bertz CT molecular complexity index is 1350. The van der Waals surface area contributed by atoms with Gasteiger partial charge in [0.25, 0.3) is 0 Å². The van der Waals surface area contributed by atoms with Crippen molar-refractivity contribution < 1.29 is 23.9 Å². The first-order valence-electron chi connectivity index (χ1n) is 16.1. The van der Waals surface area contributed by atoms with E-state index in [-0.39, 0.29) is 29.3 Å². The van der Waals surface area contributed by atoms with E-state index < -0.39 is 37.8 Å². The Morgan fingerprint density at radius 3 is 2.55 bits per heavy atom. The molecule has 0 radical (unpaired) electrons. The van der Waals surface area contributed by atoms with Gasteiger partial charge in [0.15, 0.2) is 8.32 Å². The van der Waals surface area contributed by atoms with Gasteiger partial charge >= 0.3 is 5.97 Å². The summed E-state index contributed by atoms with van der Waals surface area (Å²) >= 11 is 1.63. The molecule has 0 saturated heterocycles. The predicted octanol–water partition coefficient (Wildman–Crippen LogP) is 9.27. The number of hydrogen-bond acceptors (Lipinski definition) is 7. The fourth-order valence-corrected chi connectivity index (χ4v) is 7.97. The highest BCUT2D eigenvalue weighted by molar-refractivity contribution is 7.18. The first-order chi connectivity index (χ1) is 20.4. The van der Waals surface area contributed by atoms with Crippen LogP contribution in [0.25, 0.3) is 10.2 Å². The van der Waals surface area contributed by atoms with Crippen molar-refractivity contribution in [2.45, 2.75) is 130 Å². The van der Waals surface area contributed by atoms with Gasteiger partial charge in [0.1, 0.15) is 11.9 Å². The Morgan fingerprint density at radius 1 is 1.23 bits per heavy atom. The molecule has 5 atom stereocenters. The minimum Gasteiger partial charge on any atom is -0.457 e. The molecule has 0 saturated carbocycles. The van der Waals surface area contributed by atoms with E-state index in [0.29, 0.717) is 12.8 Å². The van der Waals surface area contributed by atoms with Crippen LogP contribution in [0.4, 0.5) is 0 Å². The lowest BCUT2D eigenvalue weighted by Gasteiger charge is -2.44. The van der Waals surface area contributed by atoms with Gasteiger partial charge in [0, 0.05) is 12.3 Å². The van der Waals surface area contributed by atoms with Crippen LogP contribution in [0, 0.1) is 24.2 Å². The highest BCUT2D eigenvalue weighted by Gasteiger charge is 2.47. The topological polar surface area (TPSA) is 85.7 Å². The summed E-state index contributed by atoms with van der Waals surface area (Å²) in [6, 6.07) is 6.01. The Morgan fingerprint density at radius 2 is 1.91 bits per heavy atom. The number of aliphatic hydroxyl groups excluding tert-OH is 1. The van der Waals surface area contributed by atoms with Crippen LogP contribution in [0.3, 0.4) is 0 Å². The second kappa shape index (κ2) is 14.5. The third-order valence-electron chi connectivity index (χ3n) is 9.85. The lowest BCUT2D eigenvalue weighted by atomic mass is 9.71. The second-order valence-electron chi connectivity index (χ2n) is 14.9. The summed E-state index contributed by atoms with van der Waals surface area (Å²) < 4.78 is 14.2. The zero-order chi connectivity index (χ0) is 33.0. The molecule has 0 unspecified atom stereocenters. The average molecular weight is 642 g/mol. The van der Waals surface area contributed by atoms with Gasteiger partial charge in [-0.05, 0) is 81.3 Å². The third-order valence-corrected chi connectivity index (χ3v) is 15.3. The van der Waals surface area contributed by atoms with E-state index >= 15 is 0 Å². The third kappa shape index (κ3) is 8.77. The molecule has 1 aromatic heterocycles. The van der Waals surface area contributed by atoms with E-state index in [2.05, 4.69) is 65.4 Å². The van der Waals surface area contributed by atoms with E-state index in [1.54, 1.807) is 31.3 Å². The molecule has 0 aliphatic carbocycles. The quantitative estimate of drug-likeness (QED) is 0.199. The number of carbonyl (C=O) groups is 2. The molecule has 1 aliphatic rings. The molecule has 0 spiro atoms. The molecule has 3 rings (SSSR count). The Kier molecular flexibility index (Phi) is 12.0. The van der Waals surface area contributed by atoms with Crippen LogP contribution in [0.5, 0.6) is 0 Å². The van der Waals surface area contributed by atoms with E-state index in [1.807, 2.05) is 25.1 Å². The number of allylic oxidation sites excluding steroid dienone is 2. The summed E-state index contributed by atoms with van der Waals surface area (Å²) in [5.74, 6) is -0.989. The maximum Gasteiger partial charge on any atom is 0.309 e. The number of nitrogens with zero attached hydrogens (tertiary/aromatic N) is 1. The number of ketones is 1. The van der Waals surface area contributed by atoms with Gasteiger partial charge < -0.3 is 14.3 Å². The number of benzene rings is 1. The van der Waals surface area contributed by atoms with E-state index in [1.165, 1.54) is 5.57 Å². The molecule has 244 valence electrons. The van der Waals surface area contributed by atoms with Gasteiger partial charge in [0.2, 0.25) is 0 Å². The summed E-state index contributed by atoms with van der Waals surface area (Å²) in [5, 5.41) is 12.4. The normalized spacial score (nSPS) is 27.9. The number of carbonyl (C=O) groups excluding carboxylic acids is 2. The fourth-order valence-electron chi connectivity index (χ4n) is 5.73. The highest BCUT2D eigenvalue weighted by Crippen LogP contribution is 2.42. The van der Waals surface area contributed by atoms with Crippen LogP contribution in [0.15, 0.2) is 42.5 Å². The van der Waals surface area contributed by atoms with Gasteiger partial charge in [-0.25, -0.2) is 4.98 Å². The monoisotopic (exact) mass is 641 g/mol. The smallest absolute Gasteiger partial charge is 0.309 e. The van der Waals surface area contributed by atoms with Gasteiger partial charge in [-0.3, -0.25) is 9.59 Å². The minimum absolute atomic E-state index is 0.0265. The number of hydrogen-bond donors (Lipinski definition) is 1. The summed E-state index contributed by atoms with van der Waals surface area (Å²) in [6.07, 6.45) is 5.37. The van der Waals surface area contributed by atoms with Crippen LogP contribution in [-0.4, -0.2) is 42.4 Å². The minimum atomic E-state index is -2.24. The average Bonchev–Trinajstić information content (AvgIpc) is 3.30. The highest BCUT2D eigenvalue weighted by atomic mass is 32.1. The first-order valence-corrected chi connectivity index (χ1v) is 19.8. The van der Waals surface area contributed by atoms with Gasteiger partial charge in [0.05, 0.1) is 39.3 Å². The predicted molar refractivity (Wildman–Crippen MR) is 184 cm³/mol. The number of fused-ring (bicyclic) bond motifs is 1. The molecule has 44 heavy (non-hydrogen) atoms. The van der Waals surface area contributed by atoms with Crippen LogP contribution < -0.4 is 0 Å². The van der Waals surface area contributed by atoms with E-state index in [0.717, 1.165) is 40.1 Å². The molecule has 0 amide bonds. The molecule has 1 N–H and O–H groups in total. The molecular weight excluding hydrogens is 587 g/mol. The van der Waals surface area contributed by atoms with Crippen molar-refractivity contribution in [1.29, 1.82) is 0 Å². The Labute approximate surface area is 270 Å². The summed E-state index contributed by atoms with van der Waals surface area (Å²) in [5.41, 5.74) is 1.80. The van der Waals surface area contributed by atoms with Crippen LogP contribution >= 0.6 is 11.3 Å². The Balaban J connectivity index is 2.00. The second-order valence-corrected chi connectivity index (χ2v) is 20.9. The van der Waals surface area contributed by atoms with Gasteiger partial charge in [-0.2, -0.15) is 0 Å². The summed E-state index contributed by atoms with van der Waals surface area (Å²) in [4.78, 5) is 32.4. The Hall–Kier alpha value is -2.13. The number of ether oxygens (including phenoxy) is 1. The molecule has 1 aromatic carbocycles. The van der Waals surface area contributed by atoms with Crippen molar-refractivity contribution in [3.8, 4) is 0 Å². The number of aliphatic hydroxyl groups is 1. The summed E-state index contributed by atoms with van der Waals surface area (Å²) in [7, 11) is -2.24. The molecule has 8 heteroatoms. The molecule has 6 nitrogen and oxygen atoms in total. The first kappa shape index (κ1) is 36.3. The number of rotatable bonds is 5. The number of aromatic nitrogens is 1. The van der Waals surface area contributed by atoms with Gasteiger partial charge in [-0.1, -0.05) is 65.3 Å². The van der Waals surface area contributed by atoms with E-state index in [9.17, 15) is 14.7 Å². The van der Waals surface area contributed by atoms with Crippen LogP contribution in [0.1, 0.15) is 104 Å². The van der Waals surface area contributed by atoms with E-state index in [4.69, 9.17) is 9.16 Å². The molecule has 2 heterocycles. The van der Waals surface area contributed by atoms with Crippen LogP contribution in [-0.2, 0) is 18.8 Å².